The normalized spacial score (nSPS) is 15.1. The van der Waals surface area contributed by atoms with Crippen LogP contribution in [0.25, 0.3) is 11.0 Å². The van der Waals surface area contributed by atoms with Gasteiger partial charge in [-0.15, -0.1) is 0 Å². The van der Waals surface area contributed by atoms with Gasteiger partial charge in [-0.3, -0.25) is 0 Å². The van der Waals surface area contributed by atoms with Crippen LogP contribution in [0.4, 0.5) is 15.9 Å². The first kappa shape index (κ1) is 21.7. The SMILES string of the molecule is Cc1cc([C@@H](C)Nc2ccc(Cl)nc2C(=O)O)c2nc(NCC3(F)CC3)c(C#N)nc2c1. The van der Waals surface area contributed by atoms with Crippen molar-refractivity contribution < 1.29 is 14.3 Å². The predicted molar refractivity (Wildman–Crippen MR) is 119 cm³/mol. The molecule has 3 N–H and O–H groups in total. The zero-order chi connectivity index (χ0) is 23.0. The molecular formula is C22H20ClFN6O2. The van der Waals surface area contributed by atoms with E-state index in [0.717, 1.165) is 11.1 Å². The fourth-order valence-corrected chi connectivity index (χ4v) is 3.59. The number of aryl methyl sites for hydroxylation is 1. The van der Waals surface area contributed by atoms with E-state index in [1.807, 2.05) is 32.0 Å². The molecule has 8 nitrogen and oxygen atoms in total. The lowest BCUT2D eigenvalue weighted by Gasteiger charge is -2.19. The Morgan fingerprint density at radius 3 is 2.75 bits per heavy atom. The van der Waals surface area contributed by atoms with E-state index in [2.05, 4.69) is 25.6 Å². The van der Waals surface area contributed by atoms with Gasteiger partial charge in [-0.05, 0) is 50.5 Å². The number of nitriles is 1. The molecule has 32 heavy (non-hydrogen) atoms. The van der Waals surface area contributed by atoms with Crippen molar-refractivity contribution in [3.8, 4) is 6.07 Å². The van der Waals surface area contributed by atoms with Crippen LogP contribution in [0.5, 0.6) is 0 Å². The number of alkyl halides is 1. The molecule has 0 saturated heterocycles. The molecule has 0 bridgehead atoms. The van der Waals surface area contributed by atoms with E-state index in [1.54, 1.807) is 6.07 Å². The molecule has 4 rings (SSSR count). The van der Waals surface area contributed by atoms with Crippen molar-refractivity contribution in [2.45, 2.75) is 38.4 Å². The number of carboxylic acids is 1. The van der Waals surface area contributed by atoms with E-state index in [1.165, 1.54) is 6.07 Å². The Bertz CT molecular complexity index is 1270. The second-order valence-corrected chi connectivity index (χ2v) is 8.35. The second kappa shape index (κ2) is 8.20. The number of rotatable bonds is 7. The summed E-state index contributed by atoms with van der Waals surface area (Å²) in [6.07, 6.45) is 0.963. The molecule has 164 valence electrons. The molecule has 1 aliphatic rings. The van der Waals surface area contributed by atoms with Gasteiger partial charge in [0.05, 0.1) is 29.3 Å². The minimum atomic E-state index is -1.26. The zero-order valence-electron chi connectivity index (χ0n) is 17.4. The minimum absolute atomic E-state index is 0.0648. The van der Waals surface area contributed by atoms with Crippen LogP contribution in [0.2, 0.25) is 5.15 Å². The van der Waals surface area contributed by atoms with Gasteiger partial charge in [0.25, 0.3) is 0 Å². The molecule has 0 radical (unpaired) electrons. The molecule has 1 aromatic carbocycles. The lowest BCUT2D eigenvalue weighted by Crippen LogP contribution is -2.18. The predicted octanol–water partition coefficient (Wildman–Crippen LogP) is 4.64. The van der Waals surface area contributed by atoms with Crippen molar-refractivity contribution in [1.82, 2.24) is 15.0 Å². The molecule has 2 aromatic heterocycles. The van der Waals surface area contributed by atoms with Crippen LogP contribution >= 0.6 is 11.6 Å². The monoisotopic (exact) mass is 454 g/mol. The third kappa shape index (κ3) is 4.41. The molecule has 2 heterocycles. The lowest BCUT2D eigenvalue weighted by atomic mass is 10.0. The van der Waals surface area contributed by atoms with Gasteiger partial charge in [0.1, 0.15) is 16.9 Å². The number of anilines is 2. The average molecular weight is 455 g/mol. The Hall–Kier alpha value is -3.51. The summed E-state index contributed by atoms with van der Waals surface area (Å²) >= 11 is 5.84. The molecule has 1 aliphatic carbocycles. The number of fused-ring (bicyclic) bond motifs is 1. The Kier molecular flexibility index (Phi) is 5.57. The summed E-state index contributed by atoms with van der Waals surface area (Å²) in [5.74, 6) is -0.984. The van der Waals surface area contributed by atoms with Crippen LogP contribution in [-0.4, -0.2) is 38.2 Å². The van der Waals surface area contributed by atoms with Gasteiger partial charge in [0.2, 0.25) is 0 Å². The smallest absolute Gasteiger partial charge is 0.356 e. The largest absolute Gasteiger partial charge is 0.476 e. The van der Waals surface area contributed by atoms with E-state index in [4.69, 9.17) is 11.6 Å². The van der Waals surface area contributed by atoms with Gasteiger partial charge >= 0.3 is 5.97 Å². The van der Waals surface area contributed by atoms with Crippen molar-refractivity contribution in [2.24, 2.45) is 0 Å². The maximum Gasteiger partial charge on any atom is 0.356 e. The summed E-state index contributed by atoms with van der Waals surface area (Å²) in [6.45, 7) is 3.81. The van der Waals surface area contributed by atoms with Gasteiger partial charge < -0.3 is 15.7 Å². The number of hydrogen-bond donors (Lipinski definition) is 3. The number of carbonyl (C=O) groups is 1. The van der Waals surface area contributed by atoms with Crippen LogP contribution in [0, 0.1) is 18.3 Å². The second-order valence-electron chi connectivity index (χ2n) is 7.96. The first-order chi connectivity index (χ1) is 15.2. The summed E-state index contributed by atoms with van der Waals surface area (Å²) in [4.78, 5) is 24.5. The minimum Gasteiger partial charge on any atom is -0.476 e. The van der Waals surface area contributed by atoms with E-state index in [0.29, 0.717) is 29.6 Å². The molecule has 3 aromatic rings. The van der Waals surface area contributed by atoms with Crippen LogP contribution in [0.15, 0.2) is 24.3 Å². The van der Waals surface area contributed by atoms with Crippen molar-refractivity contribution in [3.05, 3.63) is 51.9 Å². The van der Waals surface area contributed by atoms with E-state index in [-0.39, 0.29) is 34.9 Å². The summed E-state index contributed by atoms with van der Waals surface area (Å²) in [6, 6.07) is 8.41. The van der Waals surface area contributed by atoms with Crippen molar-refractivity contribution in [1.29, 1.82) is 5.26 Å². The Labute approximate surface area is 188 Å². The molecule has 0 spiro atoms. The summed E-state index contributed by atoms with van der Waals surface area (Å²) < 4.78 is 14.1. The maximum absolute atomic E-state index is 14.1. The fraction of sp³-hybridized carbons (Fsp3) is 0.318. The number of aromatic carboxylic acids is 1. The van der Waals surface area contributed by atoms with Gasteiger partial charge in [0, 0.05) is 5.56 Å². The number of halogens is 2. The van der Waals surface area contributed by atoms with E-state index >= 15 is 0 Å². The van der Waals surface area contributed by atoms with Crippen molar-refractivity contribution in [2.75, 3.05) is 17.2 Å². The highest BCUT2D eigenvalue weighted by Gasteiger charge is 2.43. The third-order valence-electron chi connectivity index (χ3n) is 5.32. The Morgan fingerprint density at radius 2 is 2.09 bits per heavy atom. The lowest BCUT2D eigenvalue weighted by molar-refractivity contribution is 0.0691. The number of nitrogens with one attached hydrogen (secondary N) is 2. The number of benzene rings is 1. The summed E-state index contributed by atoms with van der Waals surface area (Å²) in [5.41, 5.74) is 1.62. The highest BCUT2D eigenvalue weighted by molar-refractivity contribution is 6.29. The number of carboxylic acid groups (broad SMARTS) is 1. The zero-order valence-corrected chi connectivity index (χ0v) is 18.2. The molecule has 10 heteroatoms. The molecule has 0 unspecified atom stereocenters. The highest BCUT2D eigenvalue weighted by Crippen LogP contribution is 2.39. The van der Waals surface area contributed by atoms with Gasteiger partial charge in [-0.25, -0.2) is 24.1 Å². The van der Waals surface area contributed by atoms with Crippen molar-refractivity contribution >= 4 is 40.1 Å². The number of pyridine rings is 1. The van der Waals surface area contributed by atoms with Gasteiger partial charge in [0.15, 0.2) is 17.2 Å². The average Bonchev–Trinajstić information content (AvgIpc) is 3.49. The first-order valence-corrected chi connectivity index (χ1v) is 10.4. The van der Waals surface area contributed by atoms with Crippen LogP contribution in [0.1, 0.15) is 53.1 Å². The van der Waals surface area contributed by atoms with Gasteiger partial charge in [-0.1, -0.05) is 17.7 Å². The topological polar surface area (TPSA) is 124 Å². The molecule has 0 amide bonds. The first-order valence-electron chi connectivity index (χ1n) is 10.0. The highest BCUT2D eigenvalue weighted by atomic mass is 35.5. The fourth-order valence-electron chi connectivity index (χ4n) is 3.44. The van der Waals surface area contributed by atoms with Crippen LogP contribution in [-0.2, 0) is 0 Å². The summed E-state index contributed by atoms with van der Waals surface area (Å²) in [7, 11) is 0. The van der Waals surface area contributed by atoms with Crippen molar-refractivity contribution in [3.63, 3.8) is 0 Å². The molecule has 0 aliphatic heterocycles. The van der Waals surface area contributed by atoms with E-state index in [9.17, 15) is 19.6 Å². The van der Waals surface area contributed by atoms with Crippen LogP contribution in [0.3, 0.4) is 0 Å². The summed E-state index contributed by atoms with van der Waals surface area (Å²) in [5, 5.41) is 25.1. The standard InChI is InChI=1S/C22H20ClFN6O2/c1-11-7-13(12(2)27-14-3-4-17(23)29-19(14)21(31)32)18-15(8-11)28-16(9-25)20(30-18)26-10-22(24)5-6-22/h3-4,7-8,12,27H,5-6,10H2,1-2H3,(H,26,30)(H,31,32)/t12-/m1/s1. The third-order valence-corrected chi connectivity index (χ3v) is 5.53. The number of aromatic nitrogens is 3. The Balaban J connectivity index is 1.74. The molecule has 1 fully saturated rings. The maximum atomic E-state index is 14.1. The quantitative estimate of drug-likeness (QED) is 0.441. The van der Waals surface area contributed by atoms with E-state index < -0.39 is 11.6 Å². The number of nitrogens with zero attached hydrogens (tertiary/aromatic N) is 4. The van der Waals surface area contributed by atoms with Crippen LogP contribution < -0.4 is 10.6 Å². The molecule has 1 saturated carbocycles. The molecular weight excluding hydrogens is 435 g/mol. The number of hydrogen-bond acceptors (Lipinski definition) is 7. The molecule has 1 atom stereocenters. The Morgan fingerprint density at radius 1 is 1.34 bits per heavy atom. The van der Waals surface area contributed by atoms with Gasteiger partial charge in [-0.2, -0.15) is 5.26 Å².